The number of aromatic nitrogens is 2. The van der Waals surface area contributed by atoms with E-state index in [0.29, 0.717) is 28.6 Å². The molecule has 32 heavy (non-hydrogen) atoms. The monoisotopic (exact) mass is 435 g/mol. The number of halogens is 1. The lowest BCUT2D eigenvalue weighted by Gasteiger charge is -2.14. The Balaban J connectivity index is 1.55. The Morgan fingerprint density at radius 3 is 2.62 bits per heavy atom. The Labute approximate surface area is 182 Å². The van der Waals surface area contributed by atoms with Crippen LogP contribution in [0.5, 0.6) is 0 Å². The molecule has 0 aliphatic heterocycles. The number of nitrogens with one attached hydrogen (secondary N) is 1. The minimum absolute atomic E-state index is 0.0970. The van der Waals surface area contributed by atoms with E-state index in [2.05, 4.69) is 5.32 Å². The van der Waals surface area contributed by atoms with Crippen molar-refractivity contribution in [2.24, 2.45) is 0 Å². The lowest BCUT2D eigenvalue weighted by Crippen LogP contribution is -2.40. The molecule has 164 valence electrons. The van der Waals surface area contributed by atoms with Gasteiger partial charge in [-0.05, 0) is 48.4 Å². The summed E-state index contributed by atoms with van der Waals surface area (Å²) in [5.41, 5.74) is 0.199. The van der Waals surface area contributed by atoms with E-state index in [-0.39, 0.29) is 32.0 Å². The molecule has 2 aromatic carbocycles. The molecular formula is C24H22FN3O4. The normalized spacial score (nSPS) is 11.0. The van der Waals surface area contributed by atoms with Gasteiger partial charge in [0.15, 0.2) is 0 Å². The highest BCUT2D eigenvalue weighted by Gasteiger charge is 2.14. The summed E-state index contributed by atoms with van der Waals surface area (Å²) < 4.78 is 21.4. The quantitative estimate of drug-likeness (QED) is 0.461. The van der Waals surface area contributed by atoms with Crippen LogP contribution in [-0.2, 0) is 24.4 Å². The Bertz CT molecular complexity index is 1360. The van der Waals surface area contributed by atoms with Crippen LogP contribution in [0.4, 0.5) is 4.39 Å². The molecule has 7 nitrogen and oxygen atoms in total. The molecular weight excluding hydrogens is 413 g/mol. The van der Waals surface area contributed by atoms with Gasteiger partial charge in [0.25, 0.3) is 5.56 Å². The van der Waals surface area contributed by atoms with Crippen molar-refractivity contribution in [3.05, 3.63) is 105 Å². The Morgan fingerprint density at radius 2 is 1.84 bits per heavy atom. The summed E-state index contributed by atoms with van der Waals surface area (Å²) in [5.74, 6) is 0.0494. The molecule has 0 saturated carbocycles. The van der Waals surface area contributed by atoms with Crippen molar-refractivity contribution in [3.63, 3.8) is 0 Å². The van der Waals surface area contributed by atoms with Crippen LogP contribution in [0.3, 0.4) is 0 Å². The van der Waals surface area contributed by atoms with E-state index in [0.717, 1.165) is 4.57 Å². The number of nitrogens with zero attached hydrogens (tertiary/aromatic N) is 2. The molecule has 0 radical (unpaired) electrons. The fourth-order valence-corrected chi connectivity index (χ4v) is 3.62. The highest BCUT2D eigenvalue weighted by atomic mass is 19.1. The first-order chi connectivity index (χ1) is 15.5. The second-order valence-corrected chi connectivity index (χ2v) is 7.43. The number of carbonyl (C=O) groups excluding carboxylic acids is 1. The third kappa shape index (κ3) is 4.69. The maximum Gasteiger partial charge on any atom is 0.331 e. The number of hydrogen-bond donors (Lipinski definition) is 1. The second kappa shape index (κ2) is 9.47. The number of benzene rings is 2. The van der Waals surface area contributed by atoms with Gasteiger partial charge in [-0.3, -0.25) is 18.7 Å². The number of furan rings is 1. The molecule has 4 aromatic rings. The van der Waals surface area contributed by atoms with E-state index in [9.17, 15) is 18.8 Å². The van der Waals surface area contributed by atoms with E-state index >= 15 is 0 Å². The molecule has 2 heterocycles. The average Bonchev–Trinajstić information content (AvgIpc) is 3.31. The summed E-state index contributed by atoms with van der Waals surface area (Å²) in [6, 6.07) is 16.3. The minimum atomic E-state index is -0.492. The van der Waals surface area contributed by atoms with Gasteiger partial charge in [-0.1, -0.05) is 24.3 Å². The SMILES string of the molecule is O=C(CCCn1c(=O)c2ccccc2n(Cc2cccc(F)c2)c1=O)NCc1ccco1. The number of rotatable bonds is 8. The first kappa shape index (κ1) is 21.3. The van der Waals surface area contributed by atoms with Crippen LogP contribution in [0.15, 0.2) is 80.9 Å². The fraction of sp³-hybridized carbons (Fsp3) is 0.208. The predicted octanol–water partition coefficient (Wildman–Crippen LogP) is 3.04. The van der Waals surface area contributed by atoms with Crippen molar-refractivity contribution in [2.45, 2.75) is 32.5 Å². The van der Waals surface area contributed by atoms with Gasteiger partial charge in [0.05, 0.1) is 30.3 Å². The summed E-state index contributed by atoms with van der Waals surface area (Å²) in [4.78, 5) is 38.2. The Morgan fingerprint density at radius 1 is 1.00 bits per heavy atom. The summed E-state index contributed by atoms with van der Waals surface area (Å²) in [6.07, 6.45) is 2.00. The van der Waals surface area contributed by atoms with Crippen molar-refractivity contribution in [2.75, 3.05) is 0 Å². The number of para-hydroxylation sites is 1. The predicted molar refractivity (Wildman–Crippen MR) is 118 cm³/mol. The van der Waals surface area contributed by atoms with Gasteiger partial charge >= 0.3 is 5.69 Å². The highest BCUT2D eigenvalue weighted by molar-refractivity contribution is 5.78. The van der Waals surface area contributed by atoms with Gasteiger partial charge in [0.2, 0.25) is 5.91 Å². The summed E-state index contributed by atoms with van der Waals surface area (Å²) in [7, 11) is 0. The minimum Gasteiger partial charge on any atom is -0.467 e. The van der Waals surface area contributed by atoms with Crippen molar-refractivity contribution >= 4 is 16.8 Å². The lowest BCUT2D eigenvalue weighted by molar-refractivity contribution is -0.121. The molecule has 2 aromatic heterocycles. The van der Waals surface area contributed by atoms with Gasteiger partial charge in [-0.15, -0.1) is 0 Å². The Hall–Kier alpha value is -3.94. The number of hydrogen-bond acceptors (Lipinski definition) is 4. The average molecular weight is 435 g/mol. The molecule has 0 spiro atoms. The van der Waals surface area contributed by atoms with Crippen molar-refractivity contribution in [1.82, 2.24) is 14.5 Å². The molecule has 1 amide bonds. The number of fused-ring (bicyclic) bond motifs is 1. The Kier molecular flexibility index (Phi) is 6.30. The van der Waals surface area contributed by atoms with Crippen molar-refractivity contribution in [3.8, 4) is 0 Å². The maximum atomic E-state index is 13.6. The maximum absolute atomic E-state index is 13.6. The van der Waals surface area contributed by atoms with Crippen LogP contribution < -0.4 is 16.6 Å². The van der Waals surface area contributed by atoms with E-state index in [1.54, 1.807) is 48.5 Å². The summed E-state index contributed by atoms with van der Waals surface area (Å²) in [5, 5.41) is 3.13. The smallest absolute Gasteiger partial charge is 0.331 e. The number of amides is 1. The molecule has 4 rings (SSSR count). The fourth-order valence-electron chi connectivity index (χ4n) is 3.62. The van der Waals surface area contributed by atoms with Gasteiger partial charge in [-0.2, -0.15) is 0 Å². The van der Waals surface area contributed by atoms with E-state index in [1.807, 2.05) is 0 Å². The third-order valence-corrected chi connectivity index (χ3v) is 5.19. The van der Waals surface area contributed by atoms with E-state index < -0.39 is 17.1 Å². The topological polar surface area (TPSA) is 86.2 Å². The first-order valence-corrected chi connectivity index (χ1v) is 10.3. The molecule has 8 heteroatoms. The first-order valence-electron chi connectivity index (χ1n) is 10.3. The van der Waals surface area contributed by atoms with Crippen LogP contribution in [0.1, 0.15) is 24.2 Å². The molecule has 0 saturated heterocycles. The number of carbonyl (C=O) groups is 1. The van der Waals surface area contributed by atoms with Crippen LogP contribution >= 0.6 is 0 Å². The molecule has 0 aliphatic carbocycles. The zero-order valence-electron chi connectivity index (χ0n) is 17.3. The molecule has 0 atom stereocenters. The largest absolute Gasteiger partial charge is 0.467 e. The zero-order valence-corrected chi connectivity index (χ0v) is 17.3. The third-order valence-electron chi connectivity index (χ3n) is 5.19. The van der Waals surface area contributed by atoms with E-state index in [4.69, 9.17) is 4.42 Å². The standard InChI is InChI=1S/C24H22FN3O4/c25-18-7-3-6-17(14-18)16-28-21-10-2-1-9-20(21)23(30)27(24(28)31)12-4-11-22(29)26-15-19-8-5-13-32-19/h1-3,5-10,13-14H,4,11-12,15-16H2,(H,26,29). The van der Waals surface area contributed by atoms with Gasteiger partial charge in [0, 0.05) is 13.0 Å². The summed E-state index contributed by atoms with van der Waals surface area (Å²) >= 11 is 0. The van der Waals surface area contributed by atoms with Crippen molar-refractivity contribution in [1.29, 1.82) is 0 Å². The van der Waals surface area contributed by atoms with Crippen LogP contribution in [0.25, 0.3) is 10.9 Å². The van der Waals surface area contributed by atoms with Crippen molar-refractivity contribution < 1.29 is 13.6 Å². The zero-order chi connectivity index (χ0) is 22.5. The van der Waals surface area contributed by atoms with Gasteiger partial charge in [0.1, 0.15) is 11.6 Å². The molecule has 0 aliphatic rings. The second-order valence-electron chi connectivity index (χ2n) is 7.43. The molecule has 0 fully saturated rings. The van der Waals surface area contributed by atoms with Crippen LogP contribution in [0, 0.1) is 5.82 Å². The van der Waals surface area contributed by atoms with E-state index in [1.165, 1.54) is 23.0 Å². The lowest BCUT2D eigenvalue weighted by atomic mass is 10.2. The highest BCUT2D eigenvalue weighted by Crippen LogP contribution is 2.11. The van der Waals surface area contributed by atoms with Crippen LogP contribution in [0.2, 0.25) is 0 Å². The van der Waals surface area contributed by atoms with Crippen LogP contribution in [-0.4, -0.2) is 15.0 Å². The molecule has 0 bridgehead atoms. The molecule has 0 unspecified atom stereocenters. The van der Waals surface area contributed by atoms with Gasteiger partial charge in [-0.25, -0.2) is 9.18 Å². The molecule has 1 N–H and O–H groups in total. The summed E-state index contributed by atoms with van der Waals surface area (Å²) in [6.45, 7) is 0.503. The van der Waals surface area contributed by atoms with Gasteiger partial charge < -0.3 is 9.73 Å².